The van der Waals surface area contributed by atoms with Crippen LogP contribution in [0, 0.1) is 0 Å². The Morgan fingerprint density at radius 3 is 2.36 bits per heavy atom. The molecule has 0 radical (unpaired) electrons. The van der Waals surface area contributed by atoms with Crippen molar-refractivity contribution in [2.24, 2.45) is 0 Å². The highest BCUT2D eigenvalue weighted by molar-refractivity contribution is 6.30. The van der Waals surface area contributed by atoms with Crippen LogP contribution in [-0.2, 0) is 4.79 Å². The lowest BCUT2D eigenvalue weighted by atomic mass is 10.0. The molecule has 0 unspecified atom stereocenters. The Labute approximate surface area is 132 Å². The average molecular weight is 320 g/mol. The lowest BCUT2D eigenvalue weighted by molar-refractivity contribution is -0.135. The maximum absolute atomic E-state index is 11.9. The van der Waals surface area contributed by atoms with Gasteiger partial charge in [-0.2, -0.15) is 0 Å². The first-order chi connectivity index (χ1) is 10.5. The molecule has 0 aromatic heterocycles. The minimum absolute atomic E-state index is 0.279. The van der Waals surface area contributed by atoms with Gasteiger partial charge in [-0.05, 0) is 35.4 Å². The Balaban J connectivity index is 2.29. The van der Waals surface area contributed by atoms with Crippen LogP contribution in [0.2, 0.25) is 5.02 Å². The molecule has 2 rings (SSSR count). The molecule has 0 atom stereocenters. The molecule has 0 saturated heterocycles. The largest absolute Gasteiger partial charge is 0.496 e. The smallest absolute Gasteiger partial charge is 0.322 e. The molecular weight excluding hydrogens is 306 g/mol. The lowest BCUT2D eigenvalue weighted by Crippen LogP contribution is -2.29. The molecule has 0 fully saturated rings. The number of carboxylic acids is 1. The number of ether oxygens (including phenoxy) is 1. The summed E-state index contributed by atoms with van der Waals surface area (Å²) in [6, 6.07) is 12.4. The molecule has 2 aromatic carbocycles. The fourth-order valence-corrected chi connectivity index (χ4v) is 2.08. The van der Waals surface area contributed by atoms with Gasteiger partial charge in [-0.1, -0.05) is 29.8 Å². The molecule has 0 heterocycles. The van der Waals surface area contributed by atoms with Gasteiger partial charge in [0.25, 0.3) is 5.91 Å². The molecule has 0 bridgehead atoms. The first-order valence-electron chi connectivity index (χ1n) is 6.45. The summed E-state index contributed by atoms with van der Waals surface area (Å²) in [7, 11) is 1.45. The van der Waals surface area contributed by atoms with Crippen molar-refractivity contribution in [3.8, 4) is 16.9 Å². The first kappa shape index (κ1) is 15.9. The lowest BCUT2D eigenvalue weighted by Gasteiger charge is -2.11. The fraction of sp³-hybridized carbons (Fsp3) is 0.125. The Morgan fingerprint density at radius 1 is 1.14 bits per heavy atom. The molecule has 2 N–H and O–H groups in total. The Hall–Kier alpha value is -2.53. The zero-order valence-corrected chi connectivity index (χ0v) is 12.6. The summed E-state index contributed by atoms with van der Waals surface area (Å²) in [5.74, 6) is -1.23. The fourth-order valence-electron chi connectivity index (χ4n) is 1.95. The van der Waals surface area contributed by atoms with Crippen LogP contribution in [0.25, 0.3) is 11.1 Å². The van der Waals surface area contributed by atoms with E-state index in [-0.39, 0.29) is 5.56 Å². The van der Waals surface area contributed by atoms with Gasteiger partial charge in [-0.15, -0.1) is 0 Å². The number of hydrogen-bond donors (Lipinski definition) is 2. The van der Waals surface area contributed by atoms with Crippen molar-refractivity contribution >= 4 is 23.5 Å². The number of amides is 1. The molecule has 6 heteroatoms. The van der Waals surface area contributed by atoms with E-state index in [1.54, 1.807) is 30.3 Å². The topological polar surface area (TPSA) is 75.6 Å². The second kappa shape index (κ2) is 6.95. The van der Waals surface area contributed by atoms with Gasteiger partial charge in [0.1, 0.15) is 12.3 Å². The number of halogens is 1. The quantitative estimate of drug-likeness (QED) is 0.888. The highest BCUT2D eigenvalue weighted by atomic mass is 35.5. The number of carbonyl (C=O) groups is 2. The zero-order valence-electron chi connectivity index (χ0n) is 11.8. The van der Waals surface area contributed by atoms with Crippen molar-refractivity contribution in [3.05, 3.63) is 53.1 Å². The number of carbonyl (C=O) groups excluding carboxylic acids is 1. The van der Waals surface area contributed by atoms with E-state index in [1.165, 1.54) is 7.11 Å². The number of carboxylic acid groups (broad SMARTS) is 1. The number of benzene rings is 2. The third-order valence-electron chi connectivity index (χ3n) is 3.02. The molecule has 2 aromatic rings. The van der Waals surface area contributed by atoms with Crippen molar-refractivity contribution < 1.29 is 19.4 Å². The number of rotatable bonds is 5. The van der Waals surface area contributed by atoms with Gasteiger partial charge in [-0.25, -0.2) is 0 Å². The van der Waals surface area contributed by atoms with Gasteiger partial charge in [0.15, 0.2) is 0 Å². The number of nitrogens with one attached hydrogen (secondary N) is 1. The second-order valence-corrected chi connectivity index (χ2v) is 4.93. The van der Waals surface area contributed by atoms with Crippen molar-refractivity contribution in [1.82, 2.24) is 5.32 Å². The number of hydrogen-bond acceptors (Lipinski definition) is 3. The monoisotopic (exact) mass is 319 g/mol. The molecule has 0 saturated carbocycles. The summed E-state index contributed by atoms with van der Waals surface area (Å²) in [4.78, 5) is 22.4. The van der Waals surface area contributed by atoms with E-state index in [4.69, 9.17) is 21.4 Å². The number of methoxy groups -OCH3 is 1. The molecule has 22 heavy (non-hydrogen) atoms. The van der Waals surface area contributed by atoms with Gasteiger partial charge in [-0.3, -0.25) is 9.59 Å². The highest BCUT2D eigenvalue weighted by Crippen LogP contribution is 2.28. The number of aliphatic carboxylic acids is 1. The molecule has 114 valence electrons. The van der Waals surface area contributed by atoms with Crippen LogP contribution in [0.1, 0.15) is 10.4 Å². The Kier molecular flexibility index (Phi) is 5.01. The van der Waals surface area contributed by atoms with Gasteiger partial charge in [0.2, 0.25) is 0 Å². The van der Waals surface area contributed by atoms with Crippen molar-refractivity contribution in [2.75, 3.05) is 13.7 Å². The van der Waals surface area contributed by atoms with Crippen LogP contribution in [0.4, 0.5) is 0 Å². The Bertz CT molecular complexity index is 698. The third kappa shape index (κ3) is 3.77. The van der Waals surface area contributed by atoms with Crippen LogP contribution < -0.4 is 10.1 Å². The summed E-state index contributed by atoms with van der Waals surface area (Å²) in [6.07, 6.45) is 0. The summed E-state index contributed by atoms with van der Waals surface area (Å²) in [5.41, 5.74) is 2.07. The van der Waals surface area contributed by atoms with Crippen LogP contribution >= 0.6 is 11.6 Å². The van der Waals surface area contributed by atoms with Gasteiger partial charge in [0.05, 0.1) is 12.7 Å². The first-order valence-corrected chi connectivity index (χ1v) is 6.83. The van der Waals surface area contributed by atoms with E-state index in [9.17, 15) is 9.59 Å². The SMILES string of the molecule is COc1cc(-c2ccc(Cl)cc2)ccc1C(=O)NCC(=O)O. The van der Waals surface area contributed by atoms with E-state index in [2.05, 4.69) is 5.32 Å². The summed E-state index contributed by atoms with van der Waals surface area (Å²) in [5, 5.41) is 11.5. The van der Waals surface area contributed by atoms with Crippen LogP contribution in [0.3, 0.4) is 0 Å². The minimum Gasteiger partial charge on any atom is -0.496 e. The summed E-state index contributed by atoms with van der Waals surface area (Å²) < 4.78 is 5.22. The standard InChI is InChI=1S/C16H14ClNO4/c1-22-14-8-11(10-2-5-12(17)6-3-10)4-7-13(14)16(21)18-9-15(19)20/h2-8H,9H2,1H3,(H,18,21)(H,19,20). The maximum Gasteiger partial charge on any atom is 0.322 e. The summed E-state index contributed by atoms with van der Waals surface area (Å²) in [6.45, 7) is -0.444. The van der Waals surface area contributed by atoms with Crippen molar-refractivity contribution in [1.29, 1.82) is 0 Å². The normalized spacial score (nSPS) is 10.1. The van der Waals surface area contributed by atoms with E-state index in [0.717, 1.165) is 11.1 Å². The average Bonchev–Trinajstić information content (AvgIpc) is 2.52. The van der Waals surface area contributed by atoms with E-state index in [0.29, 0.717) is 10.8 Å². The van der Waals surface area contributed by atoms with E-state index >= 15 is 0 Å². The van der Waals surface area contributed by atoms with Crippen LogP contribution in [0.5, 0.6) is 5.75 Å². The van der Waals surface area contributed by atoms with Crippen LogP contribution in [-0.4, -0.2) is 30.6 Å². The Morgan fingerprint density at radius 2 is 1.77 bits per heavy atom. The second-order valence-electron chi connectivity index (χ2n) is 4.50. The molecule has 5 nitrogen and oxygen atoms in total. The van der Waals surface area contributed by atoms with E-state index < -0.39 is 18.4 Å². The predicted octanol–water partition coefficient (Wildman–Crippen LogP) is 2.83. The molecule has 0 aliphatic carbocycles. The third-order valence-corrected chi connectivity index (χ3v) is 3.28. The van der Waals surface area contributed by atoms with Gasteiger partial charge < -0.3 is 15.2 Å². The van der Waals surface area contributed by atoms with Crippen LogP contribution in [0.15, 0.2) is 42.5 Å². The van der Waals surface area contributed by atoms with Gasteiger partial charge in [0, 0.05) is 5.02 Å². The molecular formula is C16H14ClNO4. The molecule has 0 spiro atoms. The maximum atomic E-state index is 11.9. The molecule has 1 amide bonds. The highest BCUT2D eigenvalue weighted by Gasteiger charge is 2.14. The van der Waals surface area contributed by atoms with Gasteiger partial charge >= 0.3 is 5.97 Å². The molecule has 0 aliphatic heterocycles. The zero-order chi connectivity index (χ0) is 16.1. The predicted molar refractivity (Wildman–Crippen MR) is 83.4 cm³/mol. The minimum atomic E-state index is -1.11. The summed E-state index contributed by atoms with van der Waals surface area (Å²) >= 11 is 5.86. The van der Waals surface area contributed by atoms with Crippen molar-refractivity contribution in [3.63, 3.8) is 0 Å². The van der Waals surface area contributed by atoms with Crippen molar-refractivity contribution in [2.45, 2.75) is 0 Å². The molecule has 0 aliphatic rings. The van der Waals surface area contributed by atoms with E-state index in [1.807, 2.05) is 12.1 Å².